The van der Waals surface area contributed by atoms with E-state index in [1.165, 1.54) is 48.5 Å². The minimum atomic E-state index is -4.24. The fraction of sp³-hybridized carbons (Fsp3) is 0.455. The van der Waals surface area contributed by atoms with Crippen LogP contribution in [0.3, 0.4) is 0 Å². The molecule has 30 heavy (non-hydrogen) atoms. The monoisotopic (exact) mass is 429 g/mol. The Labute approximate surface area is 172 Å². The summed E-state index contributed by atoms with van der Waals surface area (Å²) in [5.41, 5.74) is 1.23. The first-order valence-electron chi connectivity index (χ1n) is 9.82. The first-order valence-corrected chi connectivity index (χ1v) is 9.82. The van der Waals surface area contributed by atoms with Crippen LogP contribution in [0.4, 0.5) is 22.0 Å². The van der Waals surface area contributed by atoms with Crippen molar-refractivity contribution in [2.45, 2.75) is 31.2 Å². The van der Waals surface area contributed by atoms with Crippen LogP contribution >= 0.6 is 0 Å². The Bertz CT molecular complexity index is 749. The van der Waals surface area contributed by atoms with Gasteiger partial charge in [0.05, 0.1) is 18.6 Å². The molecular weight excluding hydrogens is 405 g/mol. The summed E-state index contributed by atoms with van der Waals surface area (Å²) >= 11 is 0. The van der Waals surface area contributed by atoms with Gasteiger partial charge in [-0.05, 0) is 54.8 Å². The number of aliphatic hydroxyl groups is 1. The summed E-state index contributed by atoms with van der Waals surface area (Å²) in [5, 5.41) is 10.4. The smallest absolute Gasteiger partial charge is 0.389 e. The van der Waals surface area contributed by atoms with Crippen LogP contribution in [0.25, 0.3) is 0 Å². The Kier molecular flexibility index (Phi) is 7.44. The topological polar surface area (TPSA) is 32.7 Å². The molecule has 2 atom stereocenters. The van der Waals surface area contributed by atoms with E-state index >= 15 is 0 Å². The molecule has 0 unspecified atom stereocenters. The van der Waals surface area contributed by atoms with Gasteiger partial charge in [-0.3, -0.25) is 0 Å². The van der Waals surface area contributed by atoms with Crippen molar-refractivity contribution in [3.63, 3.8) is 0 Å². The fourth-order valence-corrected chi connectivity index (χ4v) is 3.71. The van der Waals surface area contributed by atoms with Crippen molar-refractivity contribution in [3.8, 4) is 0 Å². The Morgan fingerprint density at radius 1 is 0.967 bits per heavy atom. The SMILES string of the molecule is O[C@H](COC(c1ccc(F)cc1)c1ccc(F)cc1)CN1CCC[C@@H](C(F)(F)F)C1. The van der Waals surface area contributed by atoms with E-state index in [4.69, 9.17) is 4.74 Å². The van der Waals surface area contributed by atoms with Gasteiger partial charge in [-0.25, -0.2) is 8.78 Å². The average Bonchev–Trinajstić information content (AvgIpc) is 2.70. The van der Waals surface area contributed by atoms with Gasteiger partial charge < -0.3 is 14.7 Å². The molecular formula is C22H24F5NO2. The van der Waals surface area contributed by atoms with Crippen LogP contribution in [0, 0.1) is 17.6 Å². The van der Waals surface area contributed by atoms with Gasteiger partial charge in [0.2, 0.25) is 0 Å². The molecule has 1 aliphatic rings. The maximum absolute atomic E-state index is 13.3. The summed E-state index contributed by atoms with van der Waals surface area (Å²) in [6.07, 6.45) is -5.39. The maximum atomic E-state index is 13.3. The number of hydrogen-bond donors (Lipinski definition) is 1. The Morgan fingerprint density at radius 2 is 1.50 bits per heavy atom. The van der Waals surface area contributed by atoms with Gasteiger partial charge >= 0.3 is 6.18 Å². The molecule has 1 fully saturated rings. The summed E-state index contributed by atoms with van der Waals surface area (Å²) in [4.78, 5) is 1.60. The molecule has 0 radical (unpaired) electrons. The lowest BCUT2D eigenvalue weighted by Crippen LogP contribution is -2.45. The third-order valence-corrected chi connectivity index (χ3v) is 5.24. The normalized spacial score (nSPS) is 19.2. The van der Waals surface area contributed by atoms with Gasteiger partial charge in [-0.2, -0.15) is 13.2 Å². The summed E-state index contributed by atoms with van der Waals surface area (Å²) in [5.74, 6) is -2.22. The highest BCUT2D eigenvalue weighted by Crippen LogP contribution is 2.33. The number of benzene rings is 2. The largest absolute Gasteiger partial charge is 0.393 e. The van der Waals surface area contributed by atoms with E-state index in [1.54, 1.807) is 4.90 Å². The molecule has 0 amide bonds. The molecule has 1 aliphatic heterocycles. The van der Waals surface area contributed by atoms with Crippen molar-refractivity contribution < 1.29 is 31.8 Å². The molecule has 0 saturated carbocycles. The number of likely N-dealkylation sites (tertiary alicyclic amines) is 1. The molecule has 0 aromatic heterocycles. The van der Waals surface area contributed by atoms with E-state index in [-0.39, 0.29) is 26.1 Å². The lowest BCUT2D eigenvalue weighted by Gasteiger charge is -2.34. The average molecular weight is 429 g/mol. The van der Waals surface area contributed by atoms with E-state index in [2.05, 4.69) is 0 Å². The molecule has 0 aliphatic carbocycles. The minimum absolute atomic E-state index is 0.0616. The van der Waals surface area contributed by atoms with Gasteiger partial charge in [0, 0.05) is 13.1 Å². The first kappa shape index (κ1) is 22.7. The van der Waals surface area contributed by atoms with Crippen LogP contribution in [-0.2, 0) is 4.74 Å². The zero-order chi connectivity index (χ0) is 21.7. The molecule has 2 aromatic rings. The van der Waals surface area contributed by atoms with Gasteiger partial charge in [0.15, 0.2) is 0 Å². The van der Waals surface area contributed by atoms with Gasteiger partial charge in [0.1, 0.15) is 17.7 Å². The summed E-state index contributed by atoms with van der Waals surface area (Å²) in [6, 6.07) is 11.2. The third kappa shape index (κ3) is 6.23. The molecule has 0 bridgehead atoms. The Hall–Kier alpha value is -2.03. The van der Waals surface area contributed by atoms with Gasteiger partial charge in [-0.1, -0.05) is 24.3 Å². The zero-order valence-corrected chi connectivity index (χ0v) is 16.3. The van der Waals surface area contributed by atoms with Crippen molar-refractivity contribution in [1.29, 1.82) is 0 Å². The van der Waals surface area contributed by atoms with Crippen LogP contribution in [0.15, 0.2) is 48.5 Å². The second-order valence-electron chi connectivity index (χ2n) is 7.61. The van der Waals surface area contributed by atoms with Crippen LogP contribution in [0.2, 0.25) is 0 Å². The van der Waals surface area contributed by atoms with Crippen molar-refractivity contribution in [2.24, 2.45) is 5.92 Å². The molecule has 1 heterocycles. The minimum Gasteiger partial charge on any atom is -0.389 e. The van der Waals surface area contributed by atoms with Gasteiger partial charge in [0.25, 0.3) is 0 Å². The number of β-amino-alcohol motifs (C(OH)–C–C–N with tert-alkyl or cyclic N) is 1. The molecule has 8 heteroatoms. The number of hydrogen-bond acceptors (Lipinski definition) is 3. The second-order valence-corrected chi connectivity index (χ2v) is 7.61. The number of halogens is 5. The molecule has 0 spiro atoms. The number of alkyl halides is 3. The molecule has 164 valence electrons. The van der Waals surface area contributed by atoms with E-state index in [0.29, 0.717) is 24.1 Å². The number of nitrogens with zero attached hydrogens (tertiary/aromatic N) is 1. The molecule has 3 nitrogen and oxygen atoms in total. The highest BCUT2D eigenvalue weighted by molar-refractivity contribution is 5.30. The number of ether oxygens (including phenoxy) is 1. The van der Waals surface area contributed by atoms with Crippen molar-refractivity contribution in [1.82, 2.24) is 4.90 Å². The zero-order valence-electron chi connectivity index (χ0n) is 16.3. The van der Waals surface area contributed by atoms with Crippen molar-refractivity contribution in [2.75, 3.05) is 26.2 Å². The standard InChI is InChI=1S/C22H24F5NO2/c23-18-7-3-15(4-8-18)21(16-5-9-19(24)10-6-16)30-14-20(29)13-28-11-1-2-17(12-28)22(25,26)27/h3-10,17,20-21,29H,1-2,11-14H2/t17-,20+/m1/s1. The van der Waals surface area contributed by atoms with Crippen LogP contribution in [-0.4, -0.2) is 48.5 Å². The van der Waals surface area contributed by atoms with Crippen molar-refractivity contribution in [3.05, 3.63) is 71.3 Å². The number of piperidine rings is 1. The number of rotatable bonds is 7. The highest BCUT2D eigenvalue weighted by atomic mass is 19.4. The van der Waals surface area contributed by atoms with E-state index in [9.17, 15) is 27.1 Å². The van der Waals surface area contributed by atoms with Crippen LogP contribution in [0.5, 0.6) is 0 Å². The molecule has 1 N–H and O–H groups in total. The fourth-order valence-electron chi connectivity index (χ4n) is 3.71. The molecule has 1 saturated heterocycles. The second kappa shape index (κ2) is 9.85. The summed E-state index contributed by atoms with van der Waals surface area (Å²) < 4.78 is 71.3. The molecule has 2 aromatic carbocycles. The van der Waals surface area contributed by atoms with Crippen molar-refractivity contribution >= 4 is 0 Å². The number of aliphatic hydroxyl groups excluding tert-OH is 1. The Morgan fingerprint density at radius 3 is 2.00 bits per heavy atom. The third-order valence-electron chi connectivity index (χ3n) is 5.24. The van der Waals surface area contributed by atoms with E-state index in [0.717, 1.165) is 0 Å². The van der Waals surface area contributed by atoms with E-state index in [1.807, 2.05) is 0 Å². The van der Waals surface area contributed by atoms with Crippen LogP contribution < -0.4 is 0 Å². The van der Waals surface area contributed by atoms with Gasteiger partial charge in [-0.15, -0.1) is 0 Å². The predicted molar refractivity (Wildman–Crippen MR) is 102 cm³/mol. The maximum Gasteiger partial charge on any atom is 0.393 e. The quantitative estimate of drug-likeness (QED) is 0.648. The highest BCUT2D eigenvalue weighted by Gasteiger charge is 2.41. The first-order chi connectivity index (χ1) is 14.2. The lowest BCUT2D eigenvalue weighted by atomic mass is 9.97. The predicted octanol–water partition coefficient (Wildman–Crippen LogP) is 4.71. The molecule has 3 rings (SSSR count). The lowest BCUT2D eigenvalue weighted by molar-refractivity contribution is -0.188. The van der Waals surface area contributed by atoms with E-state index < -0.39 is 35.9 Å². The summed E-state index contributed by atoms with van der Waals surface area (Å²) in [7, 11) is 0. The Balaban J connectivity index is 1.63. The van der Waals surface area contributed by atoms with Crippen LogP contribution in [0.1, 0.15) is 30.1 Å². The summed E-state index contributed by atoms with van der Waals surface area (Å²) in [6.45, 7) is 0.279.